The summed E-state index contributed by atoms with van der Waals surface area (Å²) in [5.41, 5.74) is 2.10. The number of hydrogen-bond donors (Lipinski definition) is 0. The molecule has 6 heteroatoms. The van der Waals surface area contributed by atoms with Crippen molar-refractivity contribution in [1.29, 1.82) is 0 Å². The Morgan fingerprint density at radius 1 is 0.710 bits per heavy atom. The standard InChI is InChI=1S/C25H24O5S/c1-28-24-13-11-18-7-3-5-9-20(18)22(24)17-23-21-10-6-4-8-19(21)12-14-25(23)29-15-16-30-31(2,26)27/h3-14H,15-17H2,1-2H3. The predicted octanol–water partition coefficient (Wildman–Crippen LogP) is 4.95. The van der Waals surface area contributed by atoms with Crippen molar-refractivity contribution in [3.8, 4) is 11.5 Å². The van der Waals surface area contributed by atoms with Crippen LogP contribution in [0, 0.1) is 0 Å². The molecule has 0 fully saturated rings. The van der Waals surface area contributed by atoms with Crippen LogP contribution in [0.25, 0.3) is 21.5 Å². The summed E-state index contributed by atoms with van der Waals surface area (Å²) < 4.78 is 38.9. The molecule has 0 aromatic heterocycles. The molecule has 31 heavy (non-hydrogen) atoms. The first-order chi connectivity index (χ1) is 15.0. The summed E-state index contributed by atoms with van der Waals surface area (Å²) in [5, 5.41) is 4.46. The average molecular weight is 437 g/mol. The smallest absolute Gasteiger partial charge is 0.264 e. The van der Waals surface area contributed by atoms with Gasteiger partial charge in [0.1, 0.15) is 24.7 Å². The molecule has 0 saturated heterocycles. The molecule has 0 radical (unpaired) electrons. The van der Waals surface area contributed by atoms with Gasteiger partial charge in [0, 0.05) is 17.5 Å². The number of methoxy groups -OCH3 is 1. The molecular weight excluding hydrogens is 412 g/mol. The van der Waals surface area contributed by atoms with Crippen molar-refractivity contribution in [2.24, 2.45) is 0 Å². The largest absolute Gasteiger partial charge is 0.496 e. The summed E-state index contributed by atoms with van der Waals surface area (Å²) in [4.78, 5) is 0. The lowest BCUT2D eigenvalue weighted by Crippen LogP contribution is -2.12. The van der Waals surface area contributed by atoms with E-state index >= 15 is 0 Å². The van der Waals surface area contributed by atoms with Gasteiger partial charge < -0.3 is 9.47 Å². The van der Waals surface area contributed by atoms with E-state index < -0.39 is 10.1 Å². The summed E-state index contributed by atoms with van der Waals surface area (Å²) in [7, 11) is -1.82. The topological polar surface area (TPSA) is 61.8 Å². The van der Waals surface area contributed by atoms with Crippen LogP contribution >= 0.6 is 0 Å². The van der Waals surface area contributed by atoms with E-state index in [0.717, 1.165) is 44.7 Å². The molecule has 0 atom stereocenters. The Kier molecular flexibility index (Phi) is 6.11. The molecule has 0 amide bonds. The van der Waals surface area contributed by atoms with Crippen LogP contribution in [0.1, 0.15) is 11.1 Å². The predicted molar refractivity (Wildman–Crippen MR) is 124 cm³/mol. The average Bonchev–Trinajstić information content (AvgIpc) is 2.77. The molecule has 0 aliphatic carbocycles. The third-order valence-electron chi connectivity index (χ3n) is 5.21. The molecule has 4 rings (SSSR count). The van der Waals surface area contributed by atoms with Crippen molar-refractivity contribution in [3.05, 3.63) is 83.9 Å². The Morgan fingerprint density at radius 2 is 1.26 bits per heavy atom. The lowest BCUT2D eigenvalue weighted by molar-refractivity contribution is 0.221. The molecule has 0 spiro atoms. The van der Waals surface area contributed by atoms with Crippen LogP contribution in [0.2, 0.25) is 0 Å². The zero-order valence-corrected chi connectivity index (χ0v) is 18.3. The summed E-state index contributed by atoms with van der Waals surface area (Å²) in [5.74, 6) is 1.52. The Hall–Kier alpha value is -3.09. The van der Waals surface area contributed by atoms with Crippen LogP contribution in [0.5, 0.6) is 11.5 Å². The van der Waals surface area contributed by atoms with Crippen LogP contribution in [0.4, 0.5) is 0 Å². The number of benzene rings is 4. The summed E-state index contributed by atoms with van der Waals surface area (Å²) >= 11 is 0. The van der Waals surface area contributed by atoms with E-state index in [-0.39, 0.29) is 13.2 Å². The minimum Gasteiger partial charge on any atom is -0.496 e. The highest BCUT2D eigenvalue weighted by Crippen LogP contribution is 2.36. The lowest BCUT2D eigenvalue weighted by Gasteiger charge is -2.17. The van der Waals surface area contributed by atoms with Gasteiger partial charge >= 0.3 is 0 Å². The van der Waals surface area contributed by atoms with Crippen LogP contribution in [0.3, 0.4) is 0 Å². The summed E-state index contributed by atoms with van der Waals surface area (Å²) in [6.45, 7) is 0.0910. The van der Waals surface area contributed by atoms with E-state index in [1.807, 2.05) is 42.5 Å². The van der Waals surface area contributed by atoms with Crippen molar-refractivity contribution in [3.63, 3.8) is 0 Å². The Balaban J connectivity index is 1.77. The number of rotatable bonds is 8. The van der Waals surface area contributed by atoms with Crippen molar-refractivity contribution >= 4 is 31.7 Å². The van der Waals surface area contributed by atoms with Gasteiger partial charge in [-0.25, -0.2) is 0 Å². The molecule has 0 N–H and O–H groups in total. The van der Waals surface area contributed by atoms with Crippen molar-refractivity contribution in [2.45, 2.75) is 6.42 Å². The fourth-order valence-corrected chi connectivity index (χ4v) is 4.21. The van der Waals surface area contributed by atoms with Gasteiger partial charge in [-0.3, -0.25) is 4.18 Å². The van der Waals surface area contributed by atoms with Gasteiger partial charge in [0.25, 0.3) is 10.1 Å². The van der Waals surface area contributed by atoms with E-state index in [0.29, 0.717) is 12.2 Å². The molecule has 5 nitrogen and oxygen atoms in total. The van der Waals surface area contributed by atoms with Crippen molar-refractivity contribution in [2.75, 3.05) is 26.6 Å². The summed E-state index contributed by atoms with van der Waals surface area (Å²) in [6.07, 6.45) is 1.63. The van der Waals surface area contributed by atoms with E-state index in [1.54, 1.807) is 7.11 Å². The first-order valence-electron chi connectivity index (χ1n) is 9.99. The highest BCUT2D eigenvalue weighted by molar-refractivity contribution is 7.85. The molecule has 4 aromatic rings. The minimum atomic E-state index is -3.50. The zero-order valence-electron chi connectivity index (χ0n) is 17.5. The normalized spacial score (nSPS) is 11.7. The molecule has 0 aliphatic heterocycles. The molecule has 160 valence electrons. The van der Waals surface area contributed by atoms with Gasteiger partial charge in [-0.15, -0.1) is 0 Å². The van der Waals surface area contributed by atoms with Gasteiger partial charge in [-0.05, 0) is 33.7 Å². The maximum atomic E-state index is 11.2. The van der Waals surface area contributed by atoms with Crippen molar-refractivity contribution < 1.29 is 22.1 Å². The van der Waals surface area contributed by atoms with Gasteiger partial charge in [-0.2, -0.15) is 8.42 Å². The second kappa shape index (κ2) is 8.96. The Bertz CT molecular complexity index is 1330. The first-order valence-corrected chi connectivity index (χ1v) is 11.8. The highest BCUT2D eigenvalue weighted by Gasteiger charge is 2.15. The number of fused-ring (bicyclic) bond motifs is 2. The highest BCUT2D eigenvalue weighted by atomic mass is 32.2. The van der Waals surface area contributed by atoms with E-state index in [9.17, 15) is 8.42 Å². The van der Waals surface area contributed by atoms with Gasteiger partial charge in [0.2, 0.25) is 0 Å². The minimum absolute atomic E-state index is 0.0390. The lowest BCUT2D eigenvalue weighted by atomic mass is 9.93. The quantitative estimate of drug-likeness (QED) is 0.289. The van der Waals surface area contributed by atoms with Crippen LogP contribution in [-0.2, 0) is 20.7 Å². The molecule has 0 bridgehead atoms. The summed E-state index contributed by atoms with van der Waals surface area (Å²) in [6, 6.07) is 24.3. The van der Waals surface area contributed by atoms with E-state index in [4.69, 9.17) is 13.7 Å². The molecule has 0 unspecified atom stereocenters. The van der Waals surface area contributed by atoms with Crippen molar-refractivity contribution in [1.82, 2.24) is 0 Å². The second-order valence-electron chi connectivity index (χ2n) is 7.28. The SMILES string of the molecule is COc1ccc2ccccc2c1Cc1c(OCCOS(C)(=O)=O)ccc2ccccc12. The third kappa shape index (κ3) is 4.81. The van der Waals surface area contributed by atoms with Gasteiger partial charge in [0.05, 0.1) is 13.4 Å². The number of hydrogen-bond acceptors (Lipinski definition) is 5. The maximum absolute atomic E-state index is 11.2. The molecule has 4 aromatic carbocycles. The monoisotopic (exact) mass is 436 g/mol. The van der Waals surface area contributed by atoms with Gasteiger partial charge in [0.15, 0.2) is 0 Å². The van der Waals surface area contributed by atoms with Crippen LogP contribution < -0.4 is 9.47 Å². The van der Waals surface area contributed by atoms with E-state index in [2.05, 4.69) is 30.3 Å². The molecular formula is C25H24O5S. The zero-order chi connectivity index (χ0) is 21.8. The molecule has 0 heterocycles. The number of ether oxygens (including phenoxy) is 2. The van der Waals surface area contributed by atoms with Crippen LogP contribution in [-0.4, -0.2) is 35.0 Å². The Morgan fingerprint density at radius 3 is 1.84 bits per heavy atom. The third-order valence-corrected chi connectivity index (χ3v) is 5.80. The molecule has 0 saturated carbocycles. The molecule has 0 aliphatic rings. The van der Waals surface area contributed by atoms with Gasteiger partial charge in [-0.1, -0.05) is 60.7 Å². The van der Waals surface area contributed by atoms with Crippen LogP contribution in [0.15, 0.2) is 72.8 Å². The second-order valence-corrected chi connectivity index (χ2v) is 8.93. The maximum Gasteiger partial charge on any atom is 0.264 e. The first kappa shape index (κ1) is 21.2. The fourth-order valence-electron chi connectivity index (χ4n) is 3.84. The van der Waals surface area contributed by atoms with E-state index in [1.165, 1.54) is 0 Å². The fraction of sp³-hybridized carbons (Fsp3) is 0.200. The Labute approximate surface area is 182 Å².